The summed E-state index contributed by atoms with van der Waals surface area (Å²) in [6.45, 7) is 10.1. The summed E-state index contributed by atoms with van der Waals surface area (Å²) in [4.78, 5) is 0. The summed E-state index contributed by atoms with van der Waals surface area (Å²) in [5.74, 6) is 0.703. The fourth-order valence-corrected chi connectivity index (χ4v) is 1.10. The molecule has 0 saturated heterocycles. The lowest BCUT2D eigenvalue weighted by atomic mass is 10.2. The minimum absolute atomic E-state index is 0.454. The lowest BCUT2D eigenvalue weighted by Gasteiger charge is -2.15. The second-order valence-corrected chi connectivity index (χ2v) is 4.27. The van der Waals surface area contributed by atoms with Crippen LogP contribution in [-0.4, -0.2) is 32.3 Å². The van der Waals surface area contributed by atoms with Crippen molar-refractivity contribution in [2.45, 2.75) is 39.7 Å². The maximum absolute atomic E-state index is 5.51. The topological polar surface area (TPSA) is 47.3 Å². The van der Waals surface area contributed by atoms with Crippen LogP contribution in [0.1, 0.15) is 33.6 Å². The molecule has 0 radical (unpaired) electrons. The zero-order chi connectivity index (χ0) is 10.8. The molecule has 0 aromatic heterocycles. The highest BCUT2D eigenvalue weighted by Crippen LogP contribution is 1.93. The van der Waals surface area contributed by atoms with Crippen molar-refractivity contribution in [1.82, 2.24) is 5.32 Å². The third-order valence-corrected chi connectivity index (χ3v) is 1.99. The van der Waals surface area contributed by atoms with Gasteiger partial charge in [0.05, 0.1) is 6.61 Å². The van der Waals surface area contributed by atoms with E-state index >= 15 is 0 Å². The number of hydrogen-bond acceptors (Lipinski definition) is 3. The van der Waals surface area contributed by atoms with Gasteiger partial charge in [0, 0.05) is 12.6 Å². The molecule has 0 aromatic rings. The van der Waals surface area contributed by atoms with E-state index in [0.717, 1.165) is 39.1 Å². The highest BCUT2D eigenvalue weighted by molar-refractivity contribution is 4.60. The van der Waals surface area contributed by atoms with Gasteiger partial charge in [-0.2, -0.15) is 0 Å². The van der Waals surface area contributed by atoms with E-state index in [2.05, 4.69) is 26.1 Å². The van der Waals surface area contributed by atoms with Gasteiger partial charge in [0.2, 0.25) is 0 Å². The van der Waals surface area contributed by atoms with Crippen molar-refractivity contribution in [2.75, 3.05) is 26.3 Å². The molecule has 0 aromatic carbocycles. The highest BCUT2D eigenvalue weighted by Gasteiger charge is 2.01. The van der Waals surface area contributed by atoms with Gasteiger partial charge in [-0.25, -0.2) is 0 Å². The molecule has 0 aliphatic rings. The summed E-state index contributed by atoms with van der Waals surface area (Å²) in [5.41, 5.74) is 5.38. The number of nitrogens with one attached hydrogen (secondary N) is 1. The Hall–Kier alpha value is -0.120. The Morgan fingerprint density at radius 3 is 2.50 bits per heavy atom. The molecule has 0 fully saturated rings. The molecule has 0 saturated carbocycles. The van der Waals surface area contributed by atoms with Crippen LogP contribution in [0.15, 0.2) is 0 Å². The minimum atomic E-state index is 0.454. The van der Waals surface area contributed by atoms with Crippen LogP contribution in [0.5, 0.6) is 0 Å². The smallest absolute Gasteiger partial charge is 0.0616 e. The maximum Gasteiger partial charge on any atom is 0.0616 e. The highest BCUT2D eigenvalue weighted by atomic mass is 16.5. The molecule has 3 nitrogen and oxygen atoms in total. The second kappa shape index (κ2) is 9.44. The molecule has 1 unspecified atom stereocenters. The summed E-state index contributed by atoms with van der Waals surface area (Å²) in [7, 11) is 0. The quantitative estimate of drug-likeness (QED) is 0.555. The molecular weight excluding hydrogens is 176 g/mol. The van der Waals surface area contributed by atoms with Crippen LogP contribution in [-0.2, 0) is 4.74 Å². The molecule has 3 heteroatoms. The Morgan fingerprint density at radius 1 is 1.21 bits per heavy atom. The van der Waals surface area contributed by atoms with Crippen molar-refractivity contribution < 1.29 is 4.74 Å². The van der Waals surface area contributed by atoms with Gasteiger partial charge in [0.1, 0.15) is 0 Å². The molecule has 3 N–H and O–H groups in total. The summed E-state index contributed by atoms with van der Waals surface area (Å²) in [5, 5.41) is 3.42. The molecule has 14 heavy (non-hydrogen) atoms. The SMILES string of the molecule is CC(C)CNC(C)COCCCCN. The van der Waals surface area contributed by atoms with E-state index in [9.17, 15) is 0 Å². The van der Waals surface area contributed by atoms with E-state index in [1.807, 2.05) is 0 Å². The normalized spacial score (nSPS) is 13.5. The molecule has 0 heterocycles. The maximum atomic E-state index is 5.51. The summed E-state index contributed by atoms with van der Waals surface area (Å²) >= 11 is 0. The molecule has 0 rings (SSSR count). The number of hydrogen-bond donors (Lipinski definition) is 2. The largest absolute Gasteiger partial charge is 0.380 e. The molecule has 0 aliphatic carbocycles. The van der Waals surface area contributed by atoms with Gasteiger partial charge >= 0.3 is 0 Å². The third kappa shape index (κ3) is 9.96. The van der Waals surface area contributed by atoms with E-state index in [1.54, 1.807) is 0 Å². The molecule has 0 bridgehead atoms. The van der Waals surface area contributed by atoms with Gasteiger partial charge in [-0.1, -0.05) is 13.8 Å². The second-order valence-electron chi connectivity index (χ2n) is 4.27. The number of rotatable bonds is 9. The Kier molecular flexibility index (Phi) is 9.35. The van der Waals surface area contributed by atoms with E-state index in [4.69, 9.17) is 10.5 Å². The first kappa shape index (κ1) is 13.9. The molecule has 0 amide bonds. The van der Waals surface area contributed by atoms with Gasteiger partial charge in [-0.05, 0) is 38.8 Å². The fourth-order valence-electron chi connectivity index (χ4n) is 1.10. The predicted molar refractivity (Wildman–Crippen MR) is 61.4 cm³/mol. The summed E-state index contributed by atoms with van der Waals surface area (Å²) in [6, 6.07) is 0.454. The van der Waals surface area contributed by atoms with Crippen molar-refractivity contribution >= 4 is 0 Å². The van der Waals surface area contributed by atoms with Gasteiger partial charge in [-0.15, -0.1) is 0 Å². The van der Waals surface area contributed by atoms with E-state index in [0.29, 0.717) is 12.0 Å². The van der Waals surface area contributed by atoms with Gasteiger partial charge < -0.3 is 15.8 Å². The molecular formula is C11H26N2O. The molecule has 0 spiro atoms. The van der Waals surface area contributed by atoms with Crippen LogP contribution in [0.4, 0.5) is 0 Å². The zero-order valence-electron chi connectivity index (χ0n) is 9.88. The lowest BCUT2D eigenvalue weighted by molar-refractivity contribution is 0.112. The number of ether oxygens (including phenoxy) is 1. The third-order valence-electron chi connectivity index (χ3n) is 1.99. The van der Waals surface area contributed by atoms with Crippen molar-refractivity contribution in [3.05, 3.63) is 0 Å². The van der Waals surface area contributed by atoms with Gasteiger partial charge in [0.15, 0.2) is 0 Å². The average Bonchev–Trinajstić information content (AvgIpc) is 2.14. The van der Waals surface area contributed by atoms with Crippen LogP contribution in [0.3, 0.4) is 0 Å². The van der Waals surface area contributed by atoms with Gasteiger partial charge in [-0.3, -0.25) is 0 Å². The Morgan fingerprint density at radius 2 is 1.93 bits per heavy atom. The average molecular weight is 202 g/mol. The molecule has 0 aliphatic heterocycles. The van der Waals surface area contributed by atoms with Crippen LogP contribution in [0.25, 0.3) is 0 Å². The van der Waals surface area contributed by atoms with E-state index in [1.165, 1.54) is 0 Å². The van der Waals surface area contributed by atoms with Crippen LogP contribution < -0.4 is 11.1 Å². The first-order valence-corrected chi connectivity index (χ1v) is 5.68. The summed E-state index contributed by atoms with van der Waals surface area (Å²) < 4.78 is 5.51. The summed E-state index contributed by atoms with van der Waals surface area (Å²) in [6.07, 6.45) is 2.14. The van der Waals surface area contributed by atoms with Crippen molar-refractivity contribution in [3.8, 4) is 0 Å². The van der Waals surface area contributed by atoms with Crippen LogP contribution >= 0.6 is 0 Å². The van der Waals surface area contributed by atoms with Crippen molar-refractivity contribution in [3.63, 3.8) is 0 Å². The van der Waals surface area contributed by atoms with E-state index < -0.39 is 0 Å². The predicted octanol–water partition coefficient (Wildman–Crippen LogP) is 1.38. The first-order valence-electron chi connectivity index (χ1n) is 5.68. The van der Waals surface area contributed by atoms with Crippen LogP contribution in [0.2, 0.25) is 0 Å². The van der Waals surface area contributed by atoms with Gasteiger partial charge in [0.25, 0.3) is 0 Å². The molecule has 1 atom stereocenters. The number of unbranched alkanes of at least 4 members (excludes halogenated alkanes) is 1. The monoisotopic (exact) mass is 202 g/mol. The zero-order valence-corrected chi connectivity index (χ0v) is 9.88. The lowest BCUT2D eigenvalue weighted by Crippen LogP contribution is -2.33. The minimum Gasteiger partial charge on any atom is -0.380 e. The fraction of sp³-hybridized carbons (Fsp3) is 1.00. The van der Waals surface area contributed by atoms with Crippen molar-refractivity contribution in [1.29, 1.82) is 0 Å². The Bertz CT molecular complexity index is 118. The Balaban J connectivity index is 3.14. The standard InChI is InChI=1S/C11H26N2O/c1-10(2)8-13-11(3)9-14-7-5-4-6-12/h10-11,13H,4-9,12H2,1-3H3. The first-order chi connectivity index (χ1) is 6.66. The van der Waals surface area contributed by atoms with Crippen LogP contribution in [0, 0.1) is 5.92 Å². The van der Waals surface area contributed by atoms with E-state index in [-0.39, 0.29) is 0 Å². The molecule has 86 valence electrons. The van der Waals surface area contributed by atoms with Crippen molar-refractivity contribution in [2.24, 2.45) is 11.7 Å². The number of nitrogens with two attached hydrogens (primary N) is 1. The Labute approximate surface area is 88.4 Å².